The van der Waals surface area contributed by atoms with Crippen molar-refractivity contribution in [1.29, 1.82) is 0 Å². The average Bonchev–Trinajstić information content (AvgIpc) is 2.80. The minimum absolute atomic E-state index is 0.480. The summed E-state index contributed by atoms with van der Waals surface area (Å²) in [6.07, 6.45) is -0.725. The van der Waals surface area contributed by atoms with E-state index >= 15 is 0 Å². The Hall–Kier alpha value is -3.80. The number of aryl methyl sites for hydroxylation is 2. The van der Waals surface area contributed by atoms with Crippen LogP contribution in [-0.2, 0) is 12.8 Å². The molecule has 0 fully saturated rings. The summed E-state index contributed by atoms with van der Waals surface area (Å²) in [7, 11) is 0. The summed E-state index contributed by atoms with van der Waals surface area (Å²) in [6.45, 7) is 3.97. The Kier molecular flexibility index (Phi) is 7.65. The van der Waals surface area contributed by atoms with Crippen molar-refractivity contribution in [2.45, 2.75) is 32.9 Å². The first-order valence-corrected chi connectivity index (χ1v) is 10.3. The van der Waals surface area contributed by atoms with Gasteiger partial charge in [-0.2, -0.15) is 0 Å². The van der Waals surface area contributed by atoms with E-state index in [1.807, 2.05) is 56.3 Å². The molecule has 3 aromatic rings. The summed E-state index contributed by atoms with van der Waals surface area (Å²) in [5.41, 5.74) is 2.51. The van der Waals surface area contributed by atoms with Gasteiger partial charge in [-0.25, -0.2) is 9.59 Å². The summed E-state index contributed by atoms with van der Waals surface area (Å²) in [5.74, 6) is 0.961. The minimum Gasteiger partial charge on any atom is -0.410 e. The summed E-state index contributed by atoms with van der Waals surface area (Å²) < 4.78 is 11.0. The van der Waals surface area contributed by atoms with E-state index < -0.39 is 18.4 Å². The molecule has 6 heteroatoms. The van der Waals surface area contributed by atoms with Crippen LogP contribution in [0, 0.1) is 0 Å². The second kappa shape index (κ2) is 10.8. The Labute approximate surface area is 182 Å². The second-order valence-corrected chi connectivity index (χ2v) is 6.83. The Morgan fingerprint density at radius 2 is 1.10 bits per heavy atom. The van der Waals surface area contributed by atoms with Crippen molar-refractivity contribution in [3.8, 4) is 11.5 Å². The largest absolute Gasteiger partial charge is 0.414 e. The van der Waals surface area contributed by atoms with E-state index in [9.17, 15) is 9.59 Å². The van der Waals surface area contributed by atoms with Gasteiger partial charge in [-0.15, -0.1) is 0 Å². The van der Waals surface area contributed by atoms with Gasteiger partial charge in [0.15, 0.2) is 0 Å². The number of amides is 2. The van der Waals surface area contributed by atoms with Crippen LogP contribution in [0.2, 0.25) is 0 Å². The van der Waals surface area contributed by atoms with Gasteiger partial charge in [-0.05, 0) is 41.7 Å². The van der Waals surface area contributed by atoms with Gasteiger partial charge in [-0.3, -0.25) is 10.6 Å². The molecule has 160 valence electrons. The highest BCUT2D eigenvalue weighted by molar-refractivity contribution is 5.74. The molecule has 0 aromatic heterocycles. The lowest BCUT2D eigenvalue weighted by molar-refractivity contribution is 0.182. The highest BCUT2D eigenvalue weighted by atomic mass is 16.6. The van der Waals surface area contributed by atoms with Gasteiger partial charge in [0, 0.05) is 0 Å². The number of para-hydroxylation sites is 2. The average molecular weight is 418 g/mol. The maximum Gasteiger partial charge on any atom is 0.414 e. The minimum atomic E-state index is -0.830. The fourth-order valence-electron chi connectivity index (χ4n) is 3.13. The lowest BCUT2D eigenvalue weighted by Crippen LogP contribution is -2.43. The van der Waals surface area contributed by atoms with E-state index in [-0.39, 0.29) is 0 Å². The fraction of sp³-hybridized carbons (Fsp3) is 0.200. The Morgan fingerprint density at radius 1 is 0.677 bits per heavy atom. The number of ether oxygens (including phenoxy) is 2. The van der Waals surface area contributed by atoms with E-state index in [1.54, 1.807) is 36.4 Å². The number of carbonyl (C=O) groups is 2. The second-order valence-electron chi connectivity index (χ2n) is 6.83. The molecule has 0 saturated heterocycles. The third kappa shape index (κ3) is 6.09. The van der Waals surface area contributed by atoms with Crippen molar-refractivity contribution in [2.75, 3.05) is 0 Å². The zero-order chi connectivity index (χ0) is 22.1. The molecular weight excluding hydrogens is 392 g/mol. The van der Waals surface area contributed by atoms with Crippen molar-refractivity contribution in [3.05, 3.63) is 95.6 Å². The van der Waals surface area contributed by atoms with Gasteiger partial charge in [0.1, 0.15) is 17.7 Å². The van der Waals surface area contributed by atoms with Gasteiger partial charge in [0.05, 0.1) is 0 Å². The Morgan fingerprint density at radius 3 is 1.55 bits per heavy atom. The molecule has 0 aliphatic carbocycles. The molecule has 0 aliphatic heterocycles. The molecule has 0 spiro atoms. The molecule has 0 bridgehead atoms. The van der Waals surface area contributed by atoms with Crippen LogP contribution >= 0.6 is 0 Å². The van der Waals surface area contributed by atoms with Crippen LogP contribution in [-0.4, -0.2) is 12.2 Å². The first-order valence-electron chi connectivity index (χ1n) is 10.3. The first-order chi connectivity index (χ1) is 15.1. The quantitative estimate of drug-likeness (QED) is 0.505. The molecular formula is C25H26N2O4. The Balaban J connectivity index is 1.73. The SMILES string of the molecule is CCc1ccccc1OC(=O)NC(NC(=O)Oc1ccccc1CC)c1ccccc1. The van der Waals surface area contributed by atoms with E-state index in [2.05, 4.69) is 10.6 Å². The van der Waals surface area contributed by atoms with Gasteiger partial charge in [0.2, 0.25) is 0 Å². The van der Waals surface area contributed by atoms with Gasteiger partial charge >= 0.3 is 12.2 Å². The normalized spacial score (nSPS) is 10.4. The molecule has 0 saturated carbocycles. The van der Waals surface area contributed by atoms with E-state index in [4.69, 9.17) is 9.47 Å². The molecule has 0 aliphatic rings. The van der Waals surface area contributed by atoms with Crippen molar-refractivity contribution in [3.63, 3.8) is 0 Å². The number of carbonyl (C=O) groups excluding carboxylic acids is 2. The van der Waals surface area contributed by atoms with E-state index in [0.717, 1.165) is 24.0 Å². The summed E-state index contributed by atoms with van der Waals surface area (Å²) in [4.78, 5) is 25.2. The lowest BCUT2D eigenvalue weighted by atomic mass is 10.1. The van der Waals surface area contributed by atoms with Crippen LogP contribution in [0.4, 0.5) is 9.59 Å². The van der Waals surface area contributed by atoms with Gasteiger partial charge in [0.25, 0.3) is 0 Å². The van der Waals surface area contributed by atoms with Crippen LogP contribution in [0.5, 0.6) is 11.5 Å². The van der Waals surface area contributed by atoms with Crippen LogP contribution in [0.15, 0.2) is 78.9 Å². The van der Waals surface area contributed by atoms with Gasteiger partial charge in [-0.1, -0.05) is 80.6 Å². The van der Waals surface area contributed by atoms with Crippen molar-refractivity contribution < 1.29 is 19.1 Å². The summed E-state index contributed by atoms with van der Waals surface area (Å²) in [6, 6.07) is 23.7. The molecule has 2 N–H and O–H groups in total. The topological polar surface area (TPSA) is 76.7 Å². The van der Waals surface area contributed by atoms with Crippen molar-refractivity contribution in [1.82, 2.24) is 10.6 Å². The first kappa shape index (κ1) is 21.9. The predicted octanol–water partition coefficient (Wildman–Crippen LogP) is 5.39. The zero-order valence-electron chi connectivity index (χ0n) is 17.6. The van der Waals surface area contributed by atoms with Gasteiger partial charge < -0.3 is 9.47 Å². The maximum atomic E-state index is 12.6. The summed E-state index contributed by atoms with van der Waals surface area (Å²) >= 11 is 0. The molecule has 3 aromatic carbocycles. The summed E-state index contributed by atoms with van der Waals surface area (Å²) in [5, 5.41) is 5.41. The molecule has 3 rings (SSSR count). The van der Waals surface area contributed by atoms with Crippen LogP contribution in [0.1, 0.15) is 36.7 Å². The number of benzene rings is 3. The highest BCUT2D eigenvalue weighted by Gasteiger charge is 2.20. The third-order valence-corrected chi connectivity index (χ3v) is 4.77. The molecule has 2 amide bonds. The zero-order valence-corrected chi connectivity index (χ0v) is 17.6. The van der Waals surface area contributed by atoms with E-state index in [1.165, 1.54) is 0 Å². The van der Waals surface area contributed by atoms with Crippen molar-refractivity contribution >= 4 is 12.2 Å². The number of rotatable bonds is 7. The standard InChI is InChI=1S/C25H26N2O4/c1-3-18-12-8-10-16-21(18)30-24(28)26-23(20-14-6-5-7-15-20)27-25(29)31-22-17-11-9-13-19(22)4-2/h5-17,23H,3-4H2,1-2H3,(H,26,28)(H,27,29). The van der Waals surface area contributed by atoms with Crippen molar-refractivity contribution in [2.24, 2.45) is 0 Å². The highest BCUT2D eigenvalue weighted by Crippen LogP contribution is 2.20. The Bertz CT molecular complexity index is 957. The maximum absolute atomic E-state index is 12.6. The predicted molar refractivity (Wildman–Crippen MR) is 119 cm³/mol. The molecule has 31 heavy (non-hydrogen) atoms. The van der Waals surface area contributed by atoms with E-state index in [0.29, 0.717) is 17.1 Å². The smallest absolute Gasteiger partial charge is 0.410 e. The monoisotopic (exact) mass is 418 g/mol. The molecule has 0 heterocycles. The van der Waals surface area contributed by atoms with Crippen LogP contribution < -0.4 is 20.1 Å². The lowest BCUT2D eigenvalue weighted by Gasteiger charge is -2.21. The fourth-order valence-corrected chi connectivity index (χ4v) is 3.13. The molecule has 6 nitrogen and oxygen atoms in total. The van der Waals surface area contributed by atoms with Crippen LogP contribution in [0.3, 0.4) is 0 Å². The number of hydrogen-bond acceptors (Lipinski definition) is 4. The third-order valence-electron chi connectivity index (χ3n) is 4.77. The number of hydrogen-bond donors (Lipinski definition) is 2. The number of nitrogens with one attached hydrogen (secondary N) is 2. The molecule has 0 radical (unpaired) electrons. The molecule has 0 atom stereocenters. The molecule has 0 unspecified atom stereocenters. The van der Waals surface area contributed by atoms with Crippen LogP contribution in [0.25, 0.3) is 0 Å².